The minimum absolute atomic E-state index is 0.0772. The van der Waals surface area contributed by atoms with Gasteiger partial charge in [0.05, 0.1) is 34.5 Å². The number of aromatic nitrogens is 3. The Balaban J connectivity index is 1.28. The van der Waals surface area contributed by atoms with Gasteiger partial charge in [-0.15, -0.1) is 13.2 Å². The van der Waals surface area contributed by atoms with Crippen LogP contribution in [0.3, 0.4) is 0 Å². The smallest absolute Gasteiger partial charge is 0.406 e. The molecule has 0 radical (unpaired) electrons. The van der Waals surface area contributed by atoms with Crippen molar-refractivity contribution in [2.45, 2.75) is 19.2 Å². The molecule has 3 heterocycles. The Bertz CT molecular complexity index is 1400. The first kappa shape index (κ1) is 24.5. The Morgan fingerprint density at radius 1 is 1.14 bits per heavy atom. The number of fused-ring (bicyclic) bond motifs is 2. The number of thiazole rings is 1. The van der Waals surface area contributed by atoms with E-state index in [2.05, 4.69) is 24.9 Å². The van der Waals surface area contributed by atoms with Crippen LogP contribution in [0.5, 0.6) is 5.75 Å². The van der Waals surface area contributed by atoms with Gasteiger partial charge >= 0.3 is 6.36 Å². The van der Waals surface area contributed by atoms with Crippen LogP contribution in [0, 0.1) is 0 Å². The molecule has 0 spiro atoms. The van der Waals surface area contributed by atoms with E-state index in [1.54, 1.807) is 6.07 Å². The number of ketones is 1. The van der Waals surface area contributed by atoms with Crippen LogP contribution in [0.1, 0.15) is 23.2 Å². The van der Waals surface area contributed by atoms with Crippen LogP contribution >= 0.6 is 11.3 Å². The highest BCUT2D eigenvalue weighted by Crippen LogP contribution is 2.33. The number of carbonyl (C=O) groups excluding carboxylic acids is 1. The molecule has 1 saturated heterocycles. The second-order valence-electron chi connectivity index (χ2n) is 8.50. The summed E-state index contributed by atoms with van der Waals surface area (Å²) >= 11 is 1.19. The normalized spacial score (nSPS) is 15.0. The van der Waals surface area contributed by atoms with Crippen LogP contribution in [0.4, 0.5) is 24.3 Å². The number of hydrogen-bond acceptors (Lipinski definition) is 8. The maximum atomic E-state index is 12.7. The van der Waals surface area contributed by atoms with Crippen molar-refractivity contribution in [3.8, 4) is 5.75 Å². The van der Waals surface area contributed by atoms with E-state index < -0.39 is 6.36 Å². The Labute approximate surface area is 208 Å². The molecule has 1 aliphatic heterocycles. The van der Waals surface area contributed by atoms with Crippen LogP contribution < -0.4 is 10.1 Å². The topological polar surface area (TPSA) is 81.5 Å². The zero-order valence-electron chi connectivity index (χ0n) is 19.5. The summed E-state index contributed by atoms with van der Waals surface area (Å²) in [7, 11) is 1.84. The SMILES string of the molecule is Cn1c(Nc2nc3ccc(OC(F)(F)F)cc3s2)nc2cc(C(=O)CCCN3CCOCC3)ccc21. The lowest BCUT2D eigenvalue weighted by atomic mass is 10.1. The van der Waals surface area contributed by atoms with Crippen molar-refractivity contribution in [3.63, 3.8) is 0 Å². The Kier molecular flexibility index (Phi) is 6.82. The summed E-state index contributed by atoms with van der Waals surface area (Å²) < 4.78 is 49.3. The summed E-state index contributed by atoms with van der Waals surface area (Å²) in [6.45, 7) is 4.17. The third kappa shape index (κ3) is 5.61. The van der Waals surface area contributed by atoms with Crippen molar-refractivity contribution in [3.05, 3.63) is 42.0 Å². The number of ether oxygens (including phenoxy) is 2. The summed E-state index contributed by atoms with van der Waals surface area (Å²) in [4.78, 5) is 24.1. The first-order chi connectivity index (χ1) is 17.2. The van der Waals surface area contributed by atoms with E-state index in [0.717, 1.165) is 44.8 Å². The van der Waals surface area contributed by atoms with Gasteiger partial charge in [0, 0.05) is 38.2 Å². The van der Waals surface area contributed by atoms with E-state index in [1.807, 2.05) is 23.7 Å². The number of anilines is 2. The molecule has 2 aromatic heterocycles. The molecule has 12 heteroatoms. The van der Waals surface area contributed by atoms with Gasteiger partial charge in [-0.05, 0) is 43.3 Å². The molecule has 2 aromatic carbocycles. The van der Waals surface area contributed by atoms with E-state index in [0.29, 0.717) is 38.8 Å². The number of nitrogens with zero attached hydrogens (tertiary/aromatic N) is 4. The predicted molar refractivity (Wildman–Crippen MR) is 131 cm³/mol. The second kappa shape index (κ2) is 10.0. The van der Waals surface area contributed by atoms with E-state index in [4.69, 9.17) is 4.74 Å². The number of halogens is 3. The predicted octanol–water partition coefficient (Wildman–Crippen LogP) is 5.12. The monoisotopic (exact) mass is 519 g/mol. The lowest BCUT2D eigenvalue weighted by Crippen LogP contribution is -2.36. The molecule has 190 valence electrons. The van der Waals surface area contributed by atoms with Crippen molar-refractivity contribution >= 4 is 49.4 Å². The van der Waals surface area contributed by atoms with Crippen molar-refractivity contribution < 1.29 is 27.4 Å². The number of alkyl halides is 3. The number of benzene rings is 2. The molecule has 36 heavy (non-hydrogen) atoms. The van der Waals surface area contributed by atoms with Crippen LogP contribution in [0.15, 0.2) is 36.4 Å². The van der Waals surface area contributed by atoms with Gasteiger partial charge in [-0.3, -0.25) is 9.69 Å². The largest absolute Gasteiger partial charge is 0.573 e. The van der Waals surface area contributed by atoms with Gasteiger partial charge < -0.3 is 19.4 Å². The number of carbonyl (C=O) groups is 1. The zero-order chi connectivity index (χ0) is 25.3. The third-order valence-electron chi connectivity index (χ3n) is 6.00. The van der Waals surface area contributed by atoms with Gasteiger partial charge in [-0.2, -0.15) is 0 Å². The summed E-state index contributed by atoms with van der Waals surface area (Å²) in [5, 5.41) is 3.61. The molecule has 4 aromatic rings. The van der Waals surface area contributed by atoms with Crippen LogP contribution in [0.25, 0.3) is 21.3 Å². The number of morpholine rings is 1. The molecule has 8 nitrogen and oxygen atoms in total. The van der Waals surface area contributed by atoms with E-state index in [9.17, 15) is 18.0 Å². The highest BCUT2D eigenvalue weighted by atomic mass is 32.1. The van der Waals surface area contributed by atoms with Crippen molar-refractivity contribution in [1.82, 2.24) is 19.4 Å². The van der Waals surface area contributed by atoms with Gasteiger partial charge in [-0.25, -0.2) is 9.97 Å². The van der Waals surface area contributed by atoms with Crippen molar-refractivity contribution in [2.75, 3.05) is 38.2 Å². The molecule has 5 rings (SSSR count). The number of aryl methyl sites for hydroxylation is 1. The lowest BCUT2D eigenvalue weighted by molar-refractivity contribution is -0.274. The van der Waals surface area contributed by atoms with Crippen LogP contribution in [0.2, 0.25) is 0 Å². The average molecular weight is 520 g/mol. The molecule has 0 atom stereocenters. The van der Waals surface area contributed by atoms with E-state index >= 15 is 0 Å². The fourth-order valence-electron chi connectivity index (χ4n) is 4.17. The fourth-order valence-corrected chi connectivity index (χ4v) is 5.06. The highest BCUT2D eigenvalue weighted by Gasteiger charge is 2.31. The maximum absolute atomic E-state index is 12.7. The van der Waals surface area contributed by atoms with Crippen molar-refractivity contribution in [2.24, 2.45) is 7.05 Å². The number of nitrogens with one attached hydrogen (secondary N) is 1. The number of Topliss-reactive ketones (excluding diaryl/α,β-unsaturated/α-hetero) is 1. The molecule has 0 amide bonds. The highest BCUT2D eigenvalue weighted by molar-refractivity contribution is 7.22. The van der Waals surface area contributed by atoms with Gasteiger partial charge in [0.1, 0.15) is 5.75 Å². The average Bonchev–Trinajstić information content (AvgIpc) is 3.38. The van der Waals surface area contributed by atoms with Crippen LogP contribution in [-0.4, -0.2) is 64.4 Å². The third-order valence-corrected chi connectivity index (χ3v) is 6.93. The Hall–Kier alpha value is -3.22. The van der Waals surface area contributed by atoms with Gasteiger partial charge in [0.15, 0.2) is 10.9 Å². The van der Waals surface area contributed by atoms with E-state index in [1.165, 1.54) is 29.5 Å². The summed E-state index contributed by atoms with van der Waals surface area (Å²) in [6.07, 6.45) is -3.50. The minimum atomic E-state index is -4.75. The first-order valence-corrected chi connectivity index (χ1v) is 12.3. The molecular formula is C24H24F3N5O3S. The fraction of sp³-hybridized carbons (Fsp3) is 0.375. The number of hydrogen-bond donors (Lipinski definition) is 1. The van der Waals surface area contributed by atoms with Crippen molar-refractivity contribution in [1.29, 1.82) is 0 Å². The minimum Gasteiger partial charge on any atom is -0.406 e. The Morgan fingerprint density at radius 3 is 2.72 bits per heavy atom. The number of imidazole rings is 1. The Morgan fingerprint density at radius 2 is 1.94 bits per heavy atom. The molecule has 1 fully saturated rings. The van der Waals surface area contributed by atoms with Gasteiger partial charge in [-0.1, -0.05) is 11.3 Å². The van der Waals surface area contributed by atoms with Gasteiger partial charge in [0.25, 0.3) is 0 Å². The molecular weight excluding hydrogens is 495 g/mol. The summed E-state index contributed by atoms with van der Waals surface area (Å²) in [6, 6.07) is 9.47. The zero-order valence-corrected chi connectivity index (χ0v) is 20.3. The van der Waals surface area contributed by atoms with E-state index in [-0.39, 0.29) is 11.5 Å². The second-order valence-corrected chi connectivity index (χ2v) is 9.53. The standard InChI is InChI=1S/C24H24F3N5O3S/c1-31-19-7-4-15(20(33)3-2-8-32-9-11-34-12-10-32)13-18(19)28-22(31)30-23-29-17-6-5-16(14-21(17)36-23)35-24(25,26)27/h4-7,13-14H,2-3,8-12H2,1H3,(H,28,29,30). The summed E-state index contributed by atoms with van der Waals surface area (Å²) in [5.74, 6) is 0.288. The maximum Gasteiger partial charge on any atom is 0.573 e. The first-order valence-electron chi connectivity index (χ1n) is 11.5. The number of rotatable bonds is 8. The summed E-state index contributed by atoms with van der Waals surface area (Å²) in [5.41, 5.74) is 2.66. The lowest BCUT2D eigenvalue weighted by Gasteiger charge is -2.26. The molecule has 0 aliphatic carbocycles. The molecule has 0 unspecified atom stereocenters. The van der Waals surface area contributed by atoms with Crippen LogP contribution in [-0.2, 0) is 11.8 Å². The van der Waals surface area contributed by atoms with Gasteiger partial charge in [0.2, 0.25) is 5.95 Å². The molecule has 1 N–H and O–H groups in total. The quantitative estimate of drug-likeness (QED) is 0.324. The molecule has 0 bridgehead atoms. The molecule has 1 aliphatic rings. The molecule has 0 saturated carbocycles.